The molecule has 0 radical (unpaired) electrons. The van der Waals surface area contributed by atoms with Gasteiger partial charge in [0, 0.05) is 56.9 Å². The van der Waals surface area contributed by atoms with E-state index in [1.807, 2.05) is 80.0 Å². The number of pyridine rings is 1. The molecule has 3 aromatic heterocycles. The van der Waals surface area contributed by atoms with Gasteiger partial charge in [0.1, 0.15) is 6.10 Å². The molecular weight excluding hydrogens is 414 g/mol. The second-order valence-corrected chi connectivity index (χ2v) is 8.26. The van der Waals surface area contributed by atoms with Crippen LogP contribution in [0.5, 0.6) is 5.88 Å². The molecular formula is C25H31N7O. The molecule has 4 aromatic rings. The molecule has 0 amide bonds. The van der Waals surface area contributed by atoms with E-state index in [1.165, 1.54) is 5.56 Å². The van der Waals surface area contributed by atoms with Gasteiger partial charge < -0.3 is 15.4 Å². The summed E-state index contributed by atoms with van der Waals surface area (Å²) in [6.07, 6.45) is 9.68. The number of aryl methyl sites for hydroxylation is 2. The lowest BCUT2D eigenvalue weighted by atomic mass is 10.1. The molecule has 2 N–H and O–H groups in total. The van der Waals surface area contributed by atoms with E-state index in [0.717, 1.165) is 36.4 Å². The number of nitrogens with one attached hydrogen (secondary N) is 2. The van der Waals surface area contributed by atoms with Crippen LogP contribution in [0.15, 0.2) is 73.4 Å². The molecule has 2 atom stereocenters. The van der Waals surface area contributed by atoms with Gasteiger partial charge in [-0.2, -0.15) is 10.2 Å². The number of nitrogens with zero attached hydrogens (tertiary/aromatic N) is 5. The predicted molar refractivity (Wildman–Crippen MR) is 130 cm³/mol. The summed E-state index contributed by atoms with van der Waals surface area (Å²) in [4.78, 5) is 4.49. The predicted octanol–water partition coefficient (Wildman–Crippen LogP) is 3.47. The molecule has 2 unspecified atom stereocenters. The first-order valence-electron chi connectivity index (χ1n) is 11.2. The molecule has 1 aliphatic heterocycles. The minimum absolute atomic E-state index is 0.0512. The number of aromatic nitrogens is 5. The first-order valence-corrected chi connectivity index (χ1v) is 11.2. The highest BCUT2D eigenvalue weighted by atomic mass is 16.5. The largest absolute Gasteiger partial charge is 0.470 e. The van der Waals surface area contributed by atoms with Gasteiger partial charge in [-0.15, -0.1) is 0 Å². The van der Waals surface area contributed by atoms with Crippen molar-refractivity contribution in [1.82, 2.24) is 29.9 Å². The van der Waals surface area contributed by atoms with Crippen LogP contribution in [-0.4, -0.2) is 50.3 Å². The molecule has 172 valence electrons. The Labute approximate surface area is 194 Å². The van der Waals surface area contributed by atoms with E-state index < -0.39 is 0 Å². The zero-order valence-electron chi connectivity index (χ0n) is 19.3. The van der Waals surface area contributed by atoms with Crippen LogP contribution < -0.4 is 15.4 Å². The number of hydrogen-bond acceptors (Lipinski definition) is 6. The first-order chi connectivity index (χ1) is 16.1. The molecule has 1 aromatic carbocycles. The minimum atomic E-state index is 0.0512. The van der Waals surface area contributed by atoms with E-state index in [9.17, 15) is 0 Å². The summed E-state index contributed by atoms with van der Waals surface area (Å²) >= 11 is 0. The molecule has 33 heavy (non-hydrogen) atoms. The van der Waals surface area contributed by atoms with Gasteiger partial charge in [-0.05, 0) is 17.5 Å². The Morgan fingerprint density at radius 3 is 2.33 bits per heavy atom. The molecule has 5 rings (SSSR count). The molecule has 0 bridgehead atoms. The number of hydrogen-bond donors (Lipinski definition) is 2. The van der Waals surface area contributed by atoms with Gasteiger partial charge in [0.25, 0.3) is 0 Å². The smallest absolute Gasteiger partial charge is 0.237 e. The van der Waals surface area contributed by atoms with Crippen LogP contribution in [0.3, 0.4) is 0 Å². The number of ether oxygens (including phenoxy) is 1. The van der Waals surface area contributed by atoms with Crippen LogP contribution in [0.4, 0.5) is 5.69 Å². The monoisotopic (exact) mass is 445 g/mol. The Kier molecular flexibility index (Phi) is 7.36. The van der Waals surface area contributed by atoms with E-state index in [4.69, 9.17) is 4.74 Å². The Morgan fingerprint density at radius 2 is 1.70 bits per heavy atom. The molecule has 0 saturated carbocycles. The van der Waals surface area contributed by atoms with Crippen molar-refractivity contribution in [3.63, 3.8) is 0 Å². The van der Waals surface area contributed by atoms with Crippen molar-refractivity contribution in [2.45, 2.75) is 18.9 Å². The maximum absolute atomic E-state index is 6.05. The maximum Gasteiger partial charge on any atom is 0.237 e. The average molecular weight is 446 g/mol. The van der Waals surface area contributed by atoms with Gasteiger partial charge in [-0.1, -0.05) is 43.3 Å². The summed E-state index contributed by atoms with van der Waals surface area (Å²) in [5, 5.41) is 15.4. The summed E-state index contributed by atoms with van der Waals surface area (Å²) in [6.45, 7) is 4.59. The molecule has 8 nitrogen and oxygen atoms in total. The Morgan fingerprint density at radius 1 is 1.00 bits per heavy atom. The highest BCUT2D eigenvalue weighted by molar-refractivity contribution is 5.69. The van der Waals surface area contributed by atoms with Crippen LogP contribution >= 0.6 is 0 Å². The van der Waals surface area contributed by atoms with Crippen LogP contribution in [0.1, 0.15) is 18.4 Å². The first kappa shape index (κ1) is 22.5. The Balaban J connectivity index is 0.000000376. The number of rotatable bonds is 6. The van der Waals surface area contributed by atoms with Crippen LogP contribution in [0.2, 0.25) is 0 Å². The fraction of sp³-hybridized carbons (Fsp3) is 0.320. The number of benzene rings is 1. The maximum atomic E-state index is 6.05. The summed E-state index contributed by atoms with van der Waals surface area (Å²) in [5.74, 6) is 1.06. The Hall–Kier alpha value is -3.65. The van der Waals surface area contributed by atoms with Gasteiger partial charge >= 0.3 is 0 Å². The van der Waals surface area contributed by atoms with Crippen molar-refractivity contribution in [3.8, 4) is 17.0 Å². The van der Waals surface area contributed by atoms with Gasteiger partial charge in [-0.3, -0.25) is 9.36 Å². The van der Waals surface area contributed by atoms with E-state index in [1.54, 1.807) is 4.68 Å². The van der Waals surface area contributed by atoms with Crippen LogP contribution in [0.25, 0.3) is 11.1 Å². The van der Waals surface area contributed by atoms with Crippen molar-refractivity contribution in [2.75, 3.05) is 25.0 Å². The van der Waals surface area contributed by atoms with E-state index in [0.29, 0.717) is 11.8 Å². The molecule has 0 fully saturated rings. The molecule has 8 heteroatoms. The standard InChI is InChI=1S/C19H25N7O.C6H6/c1-13(15-7-23-25(2)11-15)5-20-9-17-10-21-18-4-14(6-22-19(18)27-17)16-8-24-26(3)12-16;1-2-4-6-5-3-1/h4,6-8,11-13,17,20-21H,5,9-10H2,1-3H3;1-6H. The van der Waals surface area contributed by atoms with Crippen molar-refractivity contribution in [1.29, 1.82) is 0 Å². The lowest BCUT2D eigenvalue weighted by molar-refractivity contribution is 0.193. The quantitative estimate of drug-likeness (QED) is 0.473. The Bertz CT molecular complexity index is 1110. The summed E-state index contributed by atoms with van der Waals surface area (Å²) in [5.41, 5.74) is 4.24. The molecule has 4 heterocycles. The SMILES string of the molecule is CC(CNCC1CNc2cc(-c3cnn(C)c3)cnc2O1)c1cnn(C)c1.c1ccccc1. The molecule has 1 aliphatic rings. The molecule has 0 aliphatic carbocycles. The second kappa shape index (κ2) is 10.8. The van der Waals surface area contributed by atoms with Crippen LogP contribution in [0, 0.1) is 0 Å². The third kappa shape index (κ3) is 6.20. The van der Waals surface area contributed by atoms with E-state index in [2.05, 4.69) is 45.0 Å². The normalized spacial score (nSPS) is 15.4. The minimum Gasteiger partial charge on any atom is -0.470 e. The van der Waals surface area contributed by atoms with E-state index >= 15 is 0 Å². The number of fused-ring (bicyclic) bond motifs is 1. The van der Waals surface area contributed by atoms with Gasteiger partial charge in [0.2, 0.25) is 5.88 Å². The summed E-state index contributed by atoms with van der Waals surface area (Å²) in [7, 11) is 3.85. The molecule has 0 spiro atoms. The van der Waals surface area contributed by atoms with E-state index in [-0.39, 0.29) is 6.10 Å². The molecule has 0 saturated heterocycles. The van der Waals surface area contributed by atoms with Crippen molar-refractivity contribution in [3.05, 3.63) is 79.0 Å². The number of anilines is 1. The van der Waals surface area contributed by atoms with Crippen molar-refractivity contribution < 1.29 is 4.74 Å². The lowest BCUT2D eigenvalue weighted by Gasteiger charge is -2.27. The average Bonchev–Trinajstić information content (AvgIpc) is 3.48. The summed E-state index contributed by atoms with van der Waals surface area (Å²) < 4.78 is 9.67. The van der Waals surface area contributed by atoms with Gasteiger partial charge in [0.05, 0.1) is 24.6 Å². The highest BCUT2D eigenvalue weighted by Gasteiger charge is 2.21. The topological polar surface area (TPSA) is 81.8 Å². The third-order valence-corrected chi connectivity index (χ3v) is 5.47. The fourth-order valence-electron chi connectivity index (χ4n) is 3.60. The lowest BCUT2D eigenvalue weighted by Crippen LogP contribution is -2.40. The highest BCUT2D eigenvalue weighted by Crippen LogP contribution is 2.31. The van der Waals surface area contributed by atoms with Crippen molar-refractivity contribution in [2.24, 2.45) is 14.1 Å². The second-order valence-electron chi connectivity index (χ2n) is 8.26. The zero-order chi connectivity index (χ0) is 23.0. The zero-order valence-corrected chi connectivity index (χ0v) is 19.3. The fourth-order valence-corrected chi connectivity index (χ4v) is 3.60. The van der Waals surface area contributed by atoms with Gasteiger partial charge in [-0.25, -0.2) is 4.98 Å². The van der Waals surface area contributed by atoms with Crippen molar-refractivity contribution >= 4 is 5.69 Å². The van der Waals surface area contributed by atoms with Gasteiger partial charge in [0.15, 0.2) is 0 Å². The summed E-state index contributed by atoms with van der Waals surface area (Å²) in [6, 6.07) is 14.1. The van der Waals surface area contributed by atoms with Crippen LogP contribution in [-0.2, 0) is 14.1 Å². The third-order valence-electron chi connectivity index (χ3n) is 5.47.